The first-order chi connectivity index (χ1) is 7.06. The van der Waals surface area contributed by atoms with Crippen molar-refractivity contribution in [3.63, 3.8) is 0 Å². The zero-order valence-electron chi connectivity index (χ0n) is 10.3. The first-order valence-corrected chi connectivity index (χ1v) is 6.13. The summed E-state index contributed by atoms with van der Waals surface area (Å²) in [7, 11) is 0. The molecule has 3 heteroatoms. The van der Waals surface area contributed by atoms with Crippen LogP contribution in [0.15, 0.2) is 0 Å². The Balaban J connectivity index is 2.27. The van der Waals surface area contributed by atoms with E-state index in [1.807, 2.05) is 13.8 Å². The third-order valence-electron chi connectivity index (χ3n) is 3.09. The van der Waals surface area contributed by atoms with Crippen LogP contribution in [0.5, 0.6) is 0 Å². The topological polar surface area (TPSA) is 41.5 Å². The number of hydrogen-bond acceptors (Lipinski definition) is 3. The summed E-state index contributed by atoms with van der Waals surface area (Å²) in [5.41, 5.74) is -0.573. The van der Waals surface area contributed by atoms with E-state index in [9.17, 15) is 5.11 Å². The molecule has 1 rings (SSSR count). The minimum absolute atomic E-state index is 0.209. The minimum atomic E-state index is -0.573. The highest BCUT2D eigenvalue weighted by atomic mass is 16.5. The quantitative estimate of drug-likeness (QED) is 0.733. The van der Waals surface area contributed by atoms with Gasteiger partial charge in [-0.3, -0.25) is 0 Å². The molecule has 3 nitrogen and oxygen atoms in total. The highest BCUT2D eigenvalue weighted by Gasteiger charge is 2.33. The molecule has 1 aliphatic carbocycles. The lowest BCUT2D eigenvalue weighted by molar-refractivity contribution is -0.0867. The maximum absolute atomic E-state index is 10.3. The largest absolute Gasteiger partial charge is 0.387 e. The van der Waals surface area contributed by atoms with E-state index in [0.717, 1.165) is 32.2 Å². The Morgan fingerprint density at radius 1 is 1.40 bits per heavy atom. The summed E-state index contributed by atoms with van der Waals surface area (Å²) in [6, 6.07) is 0.592. The minimum Gasteiger partial charge on any atom is -0.387 e. The average molecular weight is 215 g/mol. The molecule has 1 saturated carbocycles. The summed E-state index contributed by atoms with van der Waals surface area (Å²) in [4.78, 5) is 0. The molecule has 0 spiro atoms. The zero-order valence-corrected chi connectivity index (χ0v) is 10.3. The summed E-state index contributed by atoms with van der Waals surface area (Å²) in [6.45, 7) is 7.65. The molecule has 1 aliphatic rings. The molecule has 2 N–H and O–H groups in total. The fraction of sp³-hybridized carbons (Fsp3) is 1.00. The van der Waals surface area contributed by atoms with Gasteiger partial charge in [0.15, 0.2) is 0 Å². The Morgan fingerprint density at radius 3 is 2.47 bits per heavy atom. The van der Waals surface area contributed by atoms with Crippen molar-refractivity contribution in [3.8, 4) is 0 Å². The maximum atomic E-state index is 10.3. The van der Waals surface area contributed by atoms with Crippen molar-refractivity contribution < 1.29 is 9.84 Å². The predicted molar refractivity (Wildman–Crippen MR) is 62.0 cm³/mol. The molecular weight excluding hydrogens is 190 g/mol. The fourth-order valence-corrected chi connectivity index (χ4v) is 2.11. The zero-order chi connectivity index (χ0) is 11.3. The van der Waals surface area contributed by atoms with Gasteiger partial charge in [-0.1, -0.05) is 6.92 Å². The summed E-state index contributed by atoms with van der Waals surface area (Å²) in [5, 5.41) is 13.7. The Bertz CT molecular complexity index is 174. The number of nitrogens with one attached hydrogen (secondary N) is 1. The Labute approximate surface area is 93.2 Å². The Kier molecular flexibility index (Phi) is 5.03. The molecule has 0 aromatic heterocycles. The molecule has 0 amide bonds. The molecule has 0 aromatic carbocycles. The van der Waals surface area contributed by atoms with Crippen molar-refractivity contribution in [2.75, 3.05) is 13.2 Å². The monoisotopic (exact) mass is 215 g/mol. The van der Waals surface area contributed by atoms with Crippen LogP contribution in [0, 0.1) is 0 Å². The lowest BCUT2D eigenvalue weighted by atomic mass is 9.82. The lowest BCUT2D eigenvalue weighted by Gasteiger charge is -2.36. The van der Waals surface area contributed by atoms with E-state index in [2.05, 4.69) is 12.2 Å². The number of rotatable bonds is 5. The van der Waals surface area contributed by atoms with Gasteiger partial charge in [0, 0.05) is 6.04 Å². The van der Waals surface area contributed by atoms with Crippen molar-refractivity contribution in [2.24, 2.45) is 0 Å². The van der Waals surface area contributed by atoms with Crippen LogP contribution in [0.3, 0.4) is 0 Å². The van der Waals surface area contributed by atoms with Crippen molar-refractivity contribution in [2.45, 2.75) is 64.2 Å². The summed E-state index contributed by atoms with van der Waals surface area (Å²) >= 11 is 0. The van der Waals surface area contributed by atoms with E-state index in [1.54, 1.807) is 0 Å². The molecular formula is C12H25NO2. The molecule has 1 fully saturated rings. The number of hydrogen-bond donors (Lipinski definition) is 2. The van der Waals surface area contributed by atoms with Crippen LogP contribution in [-0.4, -0.2) is 36.0 Å². The molecule has 15 heavy (non-hydrogen) atoms. The van der Waals surface area contributed by atoms with Gasteiger partial charge in [0.1, 0.15) is 0 Å². The number of aliphatic hydroxyl groups is 1. The normalized spacial score (nSPS) is 32.2. The van der Waals surface area contributed by atoms with Crippen LogP contribution >= 0.6 is 0 Å². The van der Waals surface area contributed by atoms with E-state index < -0.39 is 5.60 Å². The maximum Gasteiger partial charge on any atom is 0.0881 e. The van der Waals surface area contributed by atoms with Crippen molar-refractivity contribution in [1.29, 1.82) is 0 Å². The molecule has 0 bridgehead atoms. The van der Waals surface area contributed by atoms with Gasteiger partial charge in [0.2, 0.25) is 0 Å². The van der Waals surface area contributed by atoms with Gasteiger partial charge in [-0.05, 0) is 46.1 Å². The van der Waals surface area contributed by atoms with E-state index in [-0.39, 0.29) is 6.10 Å². The smallest absolute Gasteiger partial charge is 0.0881 e. The third kappa shape index (κ3) is 4.49. The van der Waals surface area contributed by atoms with Crippen molar-refractivity contribution in [1.82, 2.24) is 5.32 Å². The molecule has 90 valence electrons. The van der Waals surface area contributed by atoms with Crippen LogP contribution in [0.4, 0.5) is 0 Å². The standard InChI is InChI=1S/C12H25NO2/c1-4-13-11-5-7-12(14,8-6-11)9-15-10(2)3/h10-11,13-14H,4-9H2,1-3H3. The highest BCUT2D eigenvalue weighted by molar-refractivity contribution is 4.88. The summed E-state index contributed by atoms with van der Waals surface area (Å²) < 4.78 is 5.51. The second-order valence-electron chi connectivity index (χ2n) is 4.92. The first kappa shape index (κ1) is 12.9. The molecule has 0 atom stereocenters. The first-order valence-electron chi connectivity index (χ1n) is 6.13. The van der Waals surface area contributed by atoms with Gasteiger partial charge in [-0.25, -0.2) is 0 Å². The van der Waals surface area contributed by atoms with Gasteiger partial charge >= 0.3 is 0 Å². The van der Waals surface area contributed by atoms with Crippen LogP contribution in [0.1, 0.15) is 46.5 Å². The van der Waals surface area contributed by atoms with E-state index in [0.29, 0.717) is 12.6 Å². The van der Waals surface area contributed by atoms with Gasteiger partial charge < -0.3 is 15.2 Å². The molecule has 0 aliphatic heterocycles. The molecule has 0 radical (unpaired) electrons. The molecule has 0 unspecified atom stereocenters. The van der Waals surface area contributed by atoms with Crippen LogP contribution in [0.25, 0.3) is 0 Å². The van der Waals surface area contributed by atoms with Crippen molar-refractivity contribution in [3.05, 3.63) is 0 Å². The predicted octanol–water partition coefficient (Wildman–Crippen LogP) is 1.69. The lowest BCUT2D eigenvalue weighted by Crippen LogP contribution is -2.44. The second kappa shape index (κ2) is 5.83. The Morgan fingerprint density at radius 2 is 2.00 bits per heavy atom. The summed E-state index contributed by atoms with van der Waals surface area (Å²) in [6.07, 6.45) is 4.05. The van der Waals surface area contributed by atoms with Crippen LogP contribution in [0.2, 0.25) is 0 Å². The molecule has 0 heterocycles. The van der Waals surface area contributed by atoms with Gasteiger partial charge in [-0.15, -0.1) is 0 Å². The highest BCUT2D eigenvalue weighted by Crippen LogP contribution is 2.28. The van der Waals surface area contributed by atoms with Gasteiger partial charge in [0.05, 0.1) is 18.3 Å². The van der Waals surface area contributed by atoms with Gasteiger partial charge in [0.25, 0.3) is 0 Å². The molecule has 0 saturated heterocycles. The number of ether oxygens (including phenoxy) is 1. The van der Waals surface area contributed by atoms with Gasteiger partial charge in [-0.2, -0.15) is 0 Å². The Hall–Kier alpha value is -0.120. The van der Waals surface area contributed by atoms with Crippen LogP contribution in [-0.2, 0) is 4.74 Å². The van der Waals surface area contributed by atoms with Crippen molar-refractivity contribution >= 4 is 0 Å². The second-order valence-corrected chi connectivity index (χ2v) is 4.92. The fourth-order valence-electron chi connectivity index (χ4n) is 2.11. The van der Waals surface area contributed by atoms with E-state index in [1.165, 1.54) is 0 Å². The van der Waals surface area contributed by atoms with E-state index in [4.69, 9.17) is 4.74 Å². The van der Waals surface area contributed by atoms with E-state index >= 15 is 0 Å². The third-order valence-corrected chi connectivity index (χ3v) is 3.09. The van der Waals surface area contributed by atoms with Crippen LogP contribution < -0.4 is 5.32 Å². The SMILES string of the molecule is CCNC1CCC(O)(COC(C)C)CC1. The average Bonchev–Trinajstić information content (AvgIpc) is 2.20. The summed E-state index contributed by atoms with van der Waals surface area (Å²) in [5.74, 6) is 0. The molecule has 0 aromatic rings.